The molecule has 1 fully saturated rings. The Labute approximate surface area is 96.3 Å². The van der Waals surface area contributed by atoms with Crippen LogP contribution < -0.4 is 0 Å². The van der Waals surface area contributed by atoms with E-state index in [9.17, 15) is 4.79 Å². The van der Waals surface area contributed by atoms with Gasteiger partial charge in [0, 0.05) is 5.41 Å². The predicted molar refractivity (Wildman–Crippen MR) is 63.7 cm³/mol. The Morgan fingerprint density at radius 3 is 2.56 bits per heavy atom. The largest absolute Gasteiger partial charge is 0.481 e. The molecule has 1 saturated carbocycles. The van der Waals surface area contributed by atoms with E-state index >= 15 is 0 Å². The predicted octanol–water partition coefficient (Wildman–Crippen LogP) is 3.20. The zero-order valence-corrected chi connectivity index (χ0v) is 9.92. The fourth-order valence-corrected chi connectivity index (χ4v) is 2.74. The fourth-order valence-electron chi connectivity index (χ4n) is 2.74. The highest BCUT2D eigenvalue weighted by Gasteiger charge is 2.41. The smallest absolute Gasteiger partial charge is 0.304 e. The number of aliphatic carboxylic acids is 1. The minimum atomic E-state index is -0.680. The van der Waals surface area contributed by atoms with Crippen molar-refractivity contribution in [3.05, 3.63) is 34.9 Å². The van der Waals surface area contributed by atoms with Crippen molar-refractivity contribution < 1.29 is 9.90 Å². The maximum Gasteiger partial charge on any atom is 0.304 e. The van der Waals surface area contributed by atoms with Crippen LogP contribution in [0.1, 0.15) is 42.4 Å². The van der Waals surface area contributed by atoms with E-state index in [1.54, 1.807) is 0 Å². The van der Waals surface area contributed by atoms with Crippen LogP contribution >= 0.6 is 0 Å². The highest BCUT2D eigenvalue weighted by molar-refractivity contribution is 5.69. The van der Waals surface area contributed by atoms with Crippen molar-refractivity contribution in [2.45, 2.75) is 44.9 Å². The van der Waals surface area contributed by atoms with Gasteiger partial charge in [-0.15, -0.1) is 0 Å². The second-order valence-corrected chi connectivity index (χ2v) is 5.02. The van der Waals surface area contributed by atoms with E-state index in [4.69, 9.17) is 5.11 Å². The van der Waals surface area contributed by atoms with Crippen molar-refractivity contribution >= 4 is 5.97 Å². The zero-order valence-electron chi connectivity index (χ0n) is 9.92. The number of carboxylic acids is 1. The van der Waals surface area contributed by atoms with Crippen LogP contribution in [0.15, 0.2) is 18.2 Å². The van der Waals surface area contributed by atoms with Crippen molar-refractivity contribution in [1.82, 2.24) is 0 Å². The molecule has 1 aromatic carbocycles. The Kier molecular flexibility index (Phi) is 2.75. The minimum absolute atomic E-state index is 0.0814. The molecule has 0 radical (unpaired) electrons. The summed E-state index contributed by atoms with van der Waals surface area (Å²) in [6.07, 6.45) is 3.46. The van der Waals surface area contributed by atoms with E-state index in [2.05, 4.69) is 32.0 Å². The highest BCUT2D eigenvalue weighted by Crippen LogP contribution is 2.47. The maximum atomic E-state index is 11.0. The Bertz CT molecular complexity index is 417. The van der Waals surface area contributed by atoms with E-state index in [-0.39, 0.29) is 11.8 Å². The molecule has 1 aliphatic rings. The van der Waals surface area contributed by atoms with Gasteiger partial charge >= 0.3 is 5.97 Å². The van der Waals surface area contributed by atoms with E-state index < -0.39 is 5.97 Å². The van der Waals surface area contributed by atoms with Gasteiger partial charge in [-0.2, -0.15) is 0 Å². The van der Waals surface area contributed by atoms with Gasteiger partial charge in [0.15, 0.2) is 0 Å². The lowest BCUT2D eigenvalue weighted by Gasteiger charge is -2.42. The molecule has 0 aliphatic heterocycles. The van der Waals surface area contributed by atoms with Crippen LogP contribution in [0.5, 0.6) is 0 Å². The summed E-state index contributed by atoms with van der Waals surface area (Å²) in [5.74, 6) is -0.680. The average molecular weight is 218 g/mol. The molecule has 1 aliphatic carbocycles. The van der Waals surface area contributed by atoms with Crippen molar-refractivity contribution in [2.75, 3.05) is 0 Å². The average Bonchev–Trinajstić information content (AvgIpc) is 2.15. The van der Waals surface area contributed by atoms with Crippen molar-refractivity contribution in [1.29, 1.82) is 0 Å². The van der Waals surface area contributed by atoms with E-state index in [1.165, 1.54) is 16.7 Å². The fraction of sp³-hybridized carbons (Fsp3) is 0.500. The van der Waals surface area contributed by atoms with Gasteiger partial charge in [0.1, 0.15) is 0 Å². The highest BCUT2D eigenvalue weighted by atomic mass is 16.4. The van der Waals surface area contributed by atoms with Gasteiger partial charge in [-0.3, -0.25) is 4.79 Å². The minimum Gasteiger partial charge on any atom is -0.481 e. The quantitative estimate of drug-likeness (QED) is 0.845. The second-order valence-electron chi connectivity index (χ2n) is 5.02. The van der Waals surface area contributed by atoms with Crippen molar-refractivity contribution in [3.8, 4) is 0 Å². The van der Waals surface area contributed by atoms with Gasteiger partial charge in [0.25, 0.3) is 0 Å². The lowest BCUT2D eigenvalue weighted by atomic mass is 9.61. The first kappa shape index (κ1) is 11.2. The molecule has 1 N–H and O–H groups in total. The first-order chi connectivity index (χ1) is 7.53. The number of carbonyl (C=O) groups is 1. The van der Waals surface area contributed by atoms with E-state index in [1.807, 2.05) is 0 Å². The normalized spacial score (nSPS) is 17.9. The Morgan fingerprint density at radius 2 is 2.06 bits per heavy atom. The molecule has 0 spiro atoms. The molecule has 0 atom stereocenters. The molecule has 0 amide bonds. The first-order valence-electron chi connectivity index (χ1n) is 5.83. The van der Waals surface area contributed by atoms with Crippen LogP contribution in [0, 0.1) is 13.8 Å². The molecule has 0 bridgehead atoms. The van der Waals surface area contributed by atoms with Gasteiger partial charge < -0.3 is 5.11 Å². The van der Waals surface area contributed by atoms with Crippen LogP contribution in [0.3, 0.4) is 0 Å². The summed E-state index contributed by atoms with van der Waals surface area (Å²) in [6.45, 7) is 4.15. The second kappa shape index (κ2) is 3.93. The topological polar surface area (TPSA) is 37.3 Å². The summed E-state index contributed by atoms with van der Waals surface area (Å²) in [5.41, 5.74) is 3.62. The number of carboxylic acid groups (broad SMARTS) is 1. The van der Waals surface area contributed by atoms with Crippen LogP contribution in [0.4, 0.5) is 0 Å². The summed E-state index contributed by atoms with van der Waals surface area (Å²) in [7, 11) is 0. The Morgan fingerprint density at radius 1 is 1.38 bits per heavy atom. The van der Waals surface area contributed by atoms with E-state index in [0.29, 0.717) is 0 Å². The molecule has 16 heavy (non-hydrogen) atoms. The van der Waals surface area contributed by atoms with Crippen molar-refractivity contribution in [3.63, 3.8) is 0 Å². The number of hydrogen-bond acceptors (Lipinski definition) is 1. The summed E-state index contributed by atoms with van der Waals surface area (Å²) < 4.78 is 0. The Balaban J connectivity index is 2.39. The van der Waals surface area contributed by atoms with Gasteiger partial charge in [0.05, 0.1) is 6.42 Å². The lowest BCUT2D eigenvalue weighted by Crippen LogP contribution is -2.37. The molecule has 0 saturated heterocycles. The molecule has 2 rings (SSSR count). The number of hydrogen-bond donors (Lipinski definition) is 1. The molecule has 1 aromatic rings. The molecule has 2 nitrogen and oxygen atoms in total. The monoisotopic (exact) mass is 218 g/mol. The molecular formula is C14H18O2. The number of aryl methyl sites for hydroxylation is 2. The number of rotatable bonds is 3. The summed E-state index contributed by atoms with van der Waals surface area (Å²) in [6, 6.07) is 6.36. The van der Waals surface area contributed by atoms with Crippen LogP contribution in [0.25, 0.3) is 0 Å². The van der Waals surface area contributed by atoms with Gasteiger partial charge in [0.2, 0.25) is 0 Å². The van der Waals surface area contributed by atoms with Gasteiger partial charge in [-0.05, 0) is 37.8 Å². The lowest BCUT2D eigenvalue weighted by molar-refractivity contribution is -0.139. The number of benzene rings is 1. The third kappa shape index (κ3) is 1.84. The van der Waals surface area contributed by atoms with Crippen LogP contribution in [0.2, 0.25) is 0 Å². The zero-order chi connectivity index (χ0) is 11.8. The summed E-state index contributed by atoms with van der Waals surface area (Å²) >= 11 is 0. The molecule has 2 heteroatoms. The first-order valence-corrected chi connectivity index (χ1v) is 5.83. The molecule has 0 heterocycles. The third-order valence-electron chi connectivity index (χ3n) is 3.76. The molecule has 0 aromatic heterocycles. The molecule has 0 unspecified atom stereocenters. The third-order valence-corrected chi connectivity index (χ3v) is 3.76. The van der Waals surface area contributed by atoms with Gasteiger partial charge in [-0.1, -0.05) is 30.2 Å². The SMILES string of the molecule is Cc1ccc(C)c(C2(CC(=O)O)CCC2)c1. The Hall–Kier alpha value is -1.31. The van der Waals surface area contributed by atoms with Gasteiger partial charge in [-0.25, -0.2) is 0 Å². The standard InChI is InChI=1S/C14H18O2/c1-10-4-5-11(2)12(8-10)14(6-3-7-14)9-13(15)16/h4-5,8H,3,6-7,9H2,1-2H3,(H,15,16). The van der Waals surface area contributed by atoms with E-state index in [0.717, 1.165) is 19.3 Å². The summed E-state index contributed by atoms with van der Waals surface area (Å²) in [5, 5.41) is 9.04. The van der Waals surface area contributed by atoms with Crippen molar-refractivity contribution in [2.24, 2.45) is 0 Å². The van der Waals surface area contributed by atoms with Crippen LogP contribution in [-0.2, 0) is 10.2 Å². The maximum absolute atomic E-state index is 11.0. The summed E-state index contributed by atoms with van der Waals surface area (Å²) in [4.78, 5) is 11.0. The van der Waals surface area contributed by atoms with Crippen LogP contribution in [-0.4, -0.2) is 11.1 Å². The molecule has 86 valence electrons. The molecular weight excluding hydrogens is 200 g/mol.